The molecule has 8 aliphatic rings. The van der Waals surface area contributed by atoms with E-state index in [2.05, 4.69) is 195 Å². The summed E-state index contributed by atoms with van der Waals surface area (Å²) < 4.78 is 146. The molecule has 0 amide bonds. The van der Waals surface area contributed by atoms with Gasteiger partial charge in [-0.3, -0.25) is 0 Å². The molecule has 6 aromatic carbocycles. The van der Waals surface area contributed by atoms with E-state index < -0.39 is 53.7 Å². The van der Waals surface area contributed by atoms with Gasteiger partial charge in [-0.05, 0) is 223 Å². The number of ether oxygens (including phenoxy) is 4. The summed E-state index contributed by atoms with van der Waals surface area (Å²) in [4.78, 5) is 7.87. The fourth-order valence-electron chi connectivity index (χ4n) is 15.4. The van der Waals surface area contributed by atoms with Crippen LogP contribution in [0.2, 0.25) is 0 Å². The molecule has 504 valence electrons. The van der Waals surface area contributed by atoms with Gasteiger partial charge >= 0.3 is 60.6 Å². The van der Waals surface area contributed by atoms with Crippen molar-refractivity contribution in [3.05, 3.63) is 194 Å². The molecule has 0 spiro atoms. The van der Waals surface area contributed by atoms with E-state index >= 15 is 0 Å². The van der Waals surface area contributed by atoms with Crippen molar-refractivity contribution >= 4 is 53.6 Å². The molecule has 8 aliphatic carbocycles. The van der Waals surface area contributed by atoms with Crippen molar-refractivity contribution in [2.24, 2.45) is 55.1 Å². The van der Waals surface area contributed by atoms with E-state index in [9.17, 15) is 53.4 Å². The molecule has 23 heteroatoms. The maximum absolute atomic E-state index is 12.3. The van der Waals surface area contributed by atoms with Gasteiger partial charge in [-0.25, -0.2) is 0 Å². The summed E-state index contributed by atoms with van der Waals surface area (Å²) in [7, 11) is -11.7. The smallest absolute Gasteiger partial charge is 0.861 e. The van der Waals surface area contributed by atoms with E-state index in [-0.39, 0.29) is 51.3 Å². The van der Waals surface area contributed by atoms with Crippen LogP contribution in [0.3, 0.4) is 0 Å². The molecule has 0 N–H and O–H groups in total. The fraction of sp³-hybridized carbons (Fsp3) is 0.417. The molecule has 0 atom stereocenters. The molecule has 6 aromatic rings. The SMILES string of the molecule is C=COCCOc1c(C)cc([S+](c2ccccc2)c2ccccc2)cc1C.C=COCCOc1c(C)cc([S+](c2ccccc2)c2ccccc2)cc1C.O=S(=O)(N=C([O-])C12CC3CC(CC(C3)C1)C2)C(F)(F)F.O=S(=O)(N=C([O-])C12CC3CC(CC(C3)C1)C2)C(F)(F)F.[Na+]. The molecule has 8 bridgehead atoms. The van der Waals surface area contributed by atoms with Crippen LogP contribution in [0.5, 0.6) is 11.5 Å². The fourth-order valence-corrected chi connectivity index (χ4v) is 20.9. The second-order valence-electron chi connectivity index (χ2n) is 25.4. The second-order valence-corrected chi connectivity index (χ2v) is 32.7. The summed E-state index contributed by atoms with van der Waals surface area (Å²) in [6, 6.07) is 51.8. The van der Waals surface area contributed by atoms with Crippen molar-refractivity contribution in [1.29, 1.82) is 0 Å². The predicted octanol–water partition coefficient (Wildman–Crippen LogP) is 12.5. The third-order valence-electron chi connectivity index (χ3n) is 18.4. The number of hydrogen-bond acceptors (Lipinski definition) is 10. The Morgan fingerprint density at radius 3 is 0.895 bits per heavy atom. The summed E-state index contributed by atoms with van der Waals surface area (Å²) in [5, 5.41) is 24.2. The van der Waals surface area contributed by atoms with Gasteiger partial charge in [-0.2, -0.15) is 52.0 Å². The topological polar surface area (TPSA) is 176 Å². The molecule has 12 nitrogen and oxygen atoms in total. The van der Waals surface area contributed by atoms with E-state index in [1.807, 2.05) is 0 Å². The zero-order valence-electron chi connectivity index (χ0n) is 54.1. The van der Waals surface area contributed by atoms with Crippen LogP contribution in [0, 0.1) is 74.0 Å². The van der Waals surface area contributed by atoms with Crippen molar-refractivity contribution in [2.75, 3.05) is 26.4 Å². The molecule has 0 aliphatic heterocycles. The zero-order valence-corrected chi connectivity index (χ0v) is 59.3. The van der Waals surface area contributed by atoms with Gasteiger partial charge in [0, 0.05) is 35.1 Å². The molecule has 8 saturated carbocycles. The normalized spacial score (nSPS) is 23.4. The van der Waals surface area contributed by atoms with Crippen LogP contribution in [0.15, 0.2) is 209 Å². The van der Waals surface area contributed by atoms with E-state index in [4.69, 9.17) is 18.9 Å². The molecule has 0 heterocycles. The van der Waals surface area contributed by atoms with Crippen LogP contribution in [0.25, 0.3) is 0 Å². The summed E-state index contributed by atoms with van der Waals surface area (Å²) in [6.45, 7) is 17.6. The molecule has 0 aromatic heterocycles. The van der Waals surface area contributed by atoms with Crippen molar-refractivity contribution in [2.45, 2.75) is 145 Å². The Bertz CT molecular complexity index is 3420. The molecule has 95 heavy (non-hydrogen) atoms. The Hall–Kier alpha value is -5.88. The summed E-state index contributed by atoms with van der Waals surface area (Å²) >= 11 is 0. The van der Waals surface area contributed by atoms with Gasteiger partial charge in [0.05, 0.1) is 34.3 Å². The first-order valence-electron chi connectivity index (χ1n) is 31.4. The number of benzene rings is 6. The number of hydrogen-bond donors (Lipinski definition) is 0. The number of nitrogens with zero attached hydrogens (tertiary/aromatic N) is 2. The first kappa shape index (κ1) is 74.9. The van der Waals surface area contributed by atoms with Crippen molar-refractivity contribution < 1.29 is 102 Å². The van der Waals surface area contributed by atoms with Crippen LogP contribution in [0.4, 0.5) is 26.3 Å². The minimum atomic E-state index is -5.72. The number of aryl methyl sites for hydroxylation is 4. The Morgan fingerprint density at radius 2 is 0.684 bits per heavy atom. The quantitative estimate of drug-likeness (QED) is 0.0136. The van der Waals surface area contributed by atoms with Gasteiger partial charge in [0.2, 0.25) is 0 Å². The number of halogens is 6. The summed E-state index contributed by atoms with van der Waals surface area (Å²) in [5.41, 5.74) is -8.31. The van der Waals surface area contributed by atoms with Crippen LogP contribution < -0.4 is 49.2 Å². The van der Waals surface area contributed by atoms with Crippen molar-refractivity contribution in [3.8, 4) is 11.5 Å². The van der Waals surface area contributed by atoms with Gasteiger partial charge in [0.15, 0.2) is 29.4 Å². The maximum Gasteiger partial charge on any atom is 1.00 e. The van der Waals surface area contributed by atoms with Gasteiger partial charge in [0.1, 0.15) is 37.9 Å². The molecule has 0 radical (unpaired) electrons. The molecule has 8 fully saturated rings. The Labute approximate surface area is 582 Å². The van der Waals surface area contributed by atoms with E-state index in [0.717, 1.165) is 72.3 Å². The molecule has 14 rings (SSSR count). The van der Waals surface area contributed by atoms with E-state index in [0.29, 0.717) is 100 Å². The Balaban J connectivity index is 0.000000163. The maximum atomic E-state index is 12.3. The number of rotatable bonds is 20. The van der Waals surface area contributed by atoms with Crippen LogP contribution in [-0.2, 0) is 51.3 Å². The minimum absolute atomic E-state index is 0. The van der Waals surface area contributed by atoms with Gasteiger partial charge in [-0.1, -0.05) is 86.0 Å². The average Bonchev–Trinajstić information content (AvgIpc) is 0.744. The van der Waals surface area contributed by atoms with Crippen LogP contribution in [0.1, 0.15) is 99.3 Å². The summed E-state index contributed by atoms with van der Waals surface area (Å²) in [5.74, 6) is 1.78. The largest absolute Gasteiger partial charge is 1.00 e. The molecular formula is C72H80F6N2NaO10S4+. The van der Waals surface area contributed by atoms with Crippen LogP contribution >= 0.6 is 0 Å². The minimum Gasteiger partial charge on any atom is -0.861 e. The van der Waals surface area contributed by atoms with E-state index in [1.165, 1.54) is 41.9 Å². The van der Waals surface area contributed by atoms with Gasteiger partial charge < -0.3 is 29.2 Å². The third kappa shape index (κ3) is 18.5. The van der Waals surface area contributed by atoms with E-state index in [1.54, 1.807) is 0 Å². The summed E-state index contributed by atoms with van der Waals surface area (Å²) in [6.07, 6.45) is 11.9. The average molecular weight is 1400 g/mol. The zero-order chi connectivity index (χ0) is 67.6. The molecular weight excluding hydrogens is 1320 g/mol. The van der Waals surface area contributed by atoms with Crippen molar-refractivity contribution in [1.82, 2.24) is 0 Å². The monoisotopic (exact) mass is 1400 g/mol. The van der Waals surface area contributed by atoms with Crippen molar-refractivity contribution in [3.63, 3.8) is 0 Å². The third-order valence-corrected chi connectivity index (χ3v) is 24.7. The Morgan fingerprint density at radius 1 is 0.453 bits per heavy atom. The molecule has 0 saturated heterocycles. The first-order valence-corrected chi connectivity index (χ1v) is 36.8. The predicted molar refractivity (Wildman–Crippen MR) is 351 cm³/mol. The van der Waals surface area contributed by atoms with Crippen LogP contribution in [-0.4, -0.2) is 66.1 Å². The number of alkyl halides is 6. The second kappa shape index (κ2) is 32.2. The molecule has 0 unspecified atom stereocenters. The number of sulfonamides is 2. The first-order chi connectivity index (χ1) is 44.6. The van der Waals surface area contributed by atoms with Gasteiger partial charge in [-0.15, -0.1) is 0 Å². The Kier molecular flexibility index (Phi) is 25.4. The van der Waals surface area contributed by atoms with Gasteiger partial charge in [0.25, 0.3) is 0 Å². The standard InChI is InChI=1S/2C24H25O2S.2C12H16F3NO3S.Na/c2*1-4-25-15-16-26-24-19(2)17-23(18-20(24)3)27(21-11-7-5-8-12-21)22-13-9-6-10-14-22;2*13-12(14,15)20(18,19)16-10(17)11-4-7-1-8(5-11)3-9(2-7)6-11;/h2*4-14,17-18H,1,15-16H2,2-3H3;2*7-9H,1-6H2,(H,16,17);/q2*+1;;;+1/p-2.